The van der Waals surface area contributed by atoms with Crippen LogP contribution in [0, 0.1) is 12.3 Å². The fraction of sp³-hybridized carbons (Fsp3) is 0.583. The van der Waals surface area contributed by atoms with Crippen molar-refractivity contribution in [2.45, 2.75) is 65.0 Å². The van der Waals surface area contributed by atoms with Crippen LogP contribution in [-0.2, 0) is 4.74 Å². The van der Waals surface area contributed by atoms with Gasteiger partial charge in [-0.1, -0.05) is 67.5 Å². The molecule has 0 saturated carbocycles. The number of likely N-dealkylation sites (tertiary alicyclic amines) is 1. The first-order valence-electron chi connectivity index (χ1n) is 10.3. The Kier molecular flexibility index (Phi) is 6.72. The van der Waals surface area contributed by atoms with Gasteiger partial charge >= 0.3 is 0 Å². The van der Waals surface area contributed by atoms with Gasteiger partial charge in [-0.2, -0.15) is 0 Å². The summed E-state index contributed by atoms with van der Waals surface area (Å²) in [5, 5.41) is 0. The second-order valence-electron chi connectivity index (χ2n) is 8.39. The molecule has 0 spiro atoms. The molecule has 3 rings (SSSR count). The maximum absolute atomic E-state index is 6.53. The number of piperidine rings is 1. The van der Waals surface area contributed by atoms with Crippen molar-refractivity contribution >= 4 is 0 Å². The number of allylic oxidation sites excluding steroid dienone is 3. The van der Waals surface area contributed by atoms with Crippen molar-refractivity contribution in [2.75, 3.05) is 19.7 Å². The van der Waals surface area contributed by atoms with Crippen LogP contribution in [0.2, 0.25) is 0 Å². The molecule has 26 heavy (non-hydrogen) atoms. The van der Waals surface area contributed by atoms with Crippen LogP contribution in [0.15, 0.2) is 48.6 Å². The van der Waals surface area contributed by atoms with Crippen LogP contribution < -0.4 is 0 Å². The predicted octanol–water partition coefficient (Wildman–Crippen LogP) is 5.84. The average molecular weight is 354 g/mol. The Balaban J connectivity index is 1.61. The van der Waals surface area contributed by atoms with Crippen LogP contribution in [0.4, 0.5) is 0 Å². The monoisotopic (exact) mass is 353 g/mol. The third-order valence-corrected chi connectivity index (χ3v) is 6.08. The molecule has 0 N–H and O–H groups in total. The number of nitrogens with zero attached hydrogens (tertiary/aromatic N) is 1. The lowest BCUT2D eigenvalue weighted by molar-refractivity contribution is -0.0192. The highest BCUT2D eigenvalue weighted by Gasteiger charge is 2.33. The van der Waals surface area contributed by atoms with Crippen molar-refractivity contribution < 1.29 is 4.74 Å². The molecule has 1 aliphatic carbocycles. The minimum atomic E-state index is 0.0302. The zero-order chi connectivity index (χ0) is 18.4. The molecular formula is C24H35NO. The van der Waals surface area contributed by atoms with E-state index in [4.69, 9.17) is 4.74 Å². The van der Waals surface area contributed by atoms with E-state index in [1.807, 2.05) is 0 Å². The SMILES string of the molecule is Cc1ccc(C(OCCCN2CCCC[C@H]2C)[C@@]2(C)C=CC=CC2)cc1. The summed E-state index contributed by atoms with van der Waals surface area (Å²) in [7, 11) is 0. The Bertz CT molecular complexity index is 618. The summed E-state index contributed by atoms with van der Waals surface area (Å²) in [6, 6.07) is 9.62. The first kappa shape index (κ1) is 19.4. The van der Waals surface area contributed by atoms with E-state index in [1.165, 1.54) is 36.9 Å². The average Bonchev–Trinajstić information content (AvgIpc) is 2.65. The zero-order valence-corrected chi connectivity index (χ0v) is 16.8. The molecule has 1 aliphatic heterocycles. The van der Waals surface area contributed by atoms with E-state index in [0.717, 1.165) is 32.0 Å². The predicted molar refractivity (Wildman–Crippen MR) is 110 cm³/mol. The zero-order valence-electron chi connectivity index (χ0n) is 16.8. The van der Waals surface area contributed by atoms with Gasteiger partial charge in [-0.15, -0.1) is 0 Å². The fourth-order valence-electron chi connectivity index (χ4n) is 4.31. The Labute approximate surface area is 159 Å². The molecule has 1 fully saturated rings. The normalized spacial score (nSPS) is 27.6. The van der Waals surface area contributed by atoms with Crippen LogP contribution in [0.1, 0.15) is 63.2 Å². The third-order valence-electron chi connectivity index (χ3n) is 6.08. The Morgan fingerprint density at radius 3 is 2.69 bits per heavy atom. The second-order valence-corrected chi connectivity index (χ2v) is 8.39. The molecule has 142 valence electrons. The van der Waals surface area contributed by atoms with Gasteiger partial charge in [0.2, 0.25) is 0 Å². The quantitative estimate of drug-likeness (QED) is 0.571. The lowest BCUT2D eigenvalue weighted by Gasteiger charge is -2.37. The topological polar surface area (TPSA) is 12.5 Å². The van der Waals surface area contributed by atoms with Crippen LogP contribution >= 0.6 is 0 Å². The van der Waals surface area contributed by atoms with Gasteiger partial charge in [0.1, 0.15) is 0 Å². The summed E-state index contributed by atoms with van der Waals surface area (Å²) in [5.74, 6) is 0. The van der Waals surface area contributed by atoms with Crippen molar-refractivity contribution in [1.82, 2.24) is 4.90 Å². The number of rotatable bonds is 7. The number of hydrogen-bond acceptors (Lipinski definition) is 2. The van der Waals surface area contributed by atoms with E-state index < -0.39 is 0 Å². The first-order valence-corrected chi connectivity index (χ1v) is 10.3. The minimum Gasteiger partial charge on any atom is -0.373 e. The van der Waals surface area contributed by atoms with Crippen LogP contribution in [0.25, 0.3) is 0 Å². The van der Waals surface area contributed by atoms with Crippen molar-refractivity contribution in [3.63, 3.8) is 0 Å². The van der Waals surface area contributed by atoms with Crippen molar-refractivity contribution in [3.05, 3.63) is 59.7 Å². The van der Waals surface area contributed by atoms with Crippen molar-refractivity contribution in [2.24, 2.45) is 5.41 Å². The van der Waals surface area contributed by atoms with E-state index in [9.17, 15) is 0 Å². The Morgan fingerprint density at radius 1 is 1.19 bits per heavy atom. The third kappa shape index (κ3) is 4.86. The Hall–Kier alpha value is -1.38. The van der Waals surface area contributed by atoms with Crippen LogP contribution in [0.5, 0.6) is 0 Å². The molecule has 1 saturated heterocycles. The lowest BCUT2D eigenvalue weighted by Crippen LogP contribution is -2.38. The molecule has 3 atom stereocenters. The fourth-order valence-corrected chi connectivity index (χ4v) is 4.31. The van der Waals surface area contributed by atoms with Gasteiger partial charge in [0.15, 0.2) is 0 Å². The summed E-state index contributed by atoms with van der Waals surface area (Å²) in [6.07, 6.45) is 15.3. The van der Waals surface area contributed by atoms with E-state index in [-0.39, 0.29) is 11.5 Å². The van der Waals surface area contributed by atoms with Gasteiger partial charge in [0.25, 0.3) is 0 Å². The lowest BCUT2D eigenvalue weighted by atomic mass is 9.75. The molecule has 2 nitrogen and oxygen atoms in total. The van der Waals surface area contributed by atoms with Crippen LogP contribution in [-0.4, -0.2) is 30.6 Å². The van der Waals surface area contributed by atoms with Gasteiger partial charge in [-0.3, -0.25) is 0 Å². The highest BCUT2D eigenvalue weighted by atomic mass is 16.5. The minimum absolute atomic E-state index is 0.0302. The number of hydrogen-bond donors (Lipinski definition) is 0. The van der Waals surface area contributed by atoms with Crippen LogP contribution in [0.3, 0.4) is 0 Å². The summed E-state index contributed by atoms with van der Waals surface area (Å²) >= 11 is 0. The maximum Gasteiger partial charge on any atom is 0.0915 e. The largest absolute Gasteiger partial charge is 0.373 e. The molecule has 0 aromatic heterocycles. The standard InChI is InChI=1S/C24H35NO/c1-20-11-13-22(14-12-20)23(24(3)15-6-4-7-16-24)26-19-9-18-25-17-8-5-10-21(25)2/h4,6-7,11-15,21,23H,5,8-10,16-19H2,1-3H3/t21-,23?,24+/m1/s1. The molecule has 2 aliphatic rings. The molecule has 1 aromatic carbocycles. The smallest absolute Gasteiger partial charge is 0.0915 e. The first-order chi connectivity index (χ1) is 12.6. The van der Waals surface area contributed by atoms with E-state index in [0.29, 0.717) is 0 Å². The molecule has 1 aromatic rings. The van der Waals surface area contributed by atoms with Gasteiger partial charge in [-0.25, -0.2) is 0 Å². The van der Waals surface area contributed by atoms with Crippen molar-refractivity contribution in [3.8, 4) is 0 Å². The van der Waals surface area contributed by atoms with Gasteiger partial charge in [-0.05, 0) is 51.6 Å². The molecule has 0 radical (unpaired) electrons. The second kappa shape index (κ2) is 9.01. The van der Waals surface area contributed by atoms with Gasteiger partial charge in [0.05, 0.1) is 6.10 Å². The number of ether oxygens (including phenoxy) is 1. The van der Waals surface area contributed by atoms with Gasteiger partial charge < -0.3 is 9.64 Å². The molecule has 1 heterocycles. The molecule has 0 bridgehead atoms. The molecule has 1 unspecified atom stereocenters. The maximum atomic E-state index is 6.53. The summed E-state index contributed by atoms with van der Waals surface area (Å²) < 4.78 is 6.53. The van der Waals surface area contributed by atoms with Crippen molar-refractivity contribution in [1.29, 1.82) is 0 Å². The summed E-state index contributed by atoms with van der Waals surface area (Å²) in [6.45, 7) is 10.1. The van der Waals surface area contributed by atoms with Gasteiger partial charge in [0, 0.05) is 24.6 Å². The van der Waals surface area contributed by atoms with E-state index in [1.54, 1.807) is 0 Å². The number of aryl methyl sites for hydroxylation is 1. The molecule has 0 amide bonds. The summed E-state index contributed by atoms with van der Waals surface area (Å²) in [4.78, 5) is 2.64. The molecular weight excluding hydrogens is 318 g/mol. The Morgan fingerprint density at radius 2 is 2.00 bits per heavy atom. The number of benzene rings is 1. The highest BCUT2D eigenvalue weighted by Crippen LogP contribution is 2.43. The van der Waals surface area contributed by atoms with E-state index >= 15 is 0 Å². The highest BCUT2D eigenvalue weighted by molar-refractivity contribution is 5.28. The van der Waals surface area contributed by atoms with E-state index in [2.05, 4.69) is 74.2 Å². The molecule has 2 heteroatoms. The summed E-state index contributed by atoms with van der Waals surface area (Å²) in [5.41, 5.74) is 2.63.